The topological polar surface area (TPSA) is 0 Å². The smallest absolute Gasteiger partial charge is 0.0144 e. The van der Waals surface area contributed by atoms with Crippen LogP contribution in [0, 0.1) is 0 Å². The maximum absolute atomic E-state index is 2.31. The third kappa shape index (κ3) is 2.12. The summed E-state index contributed by atoms with van der Waals surface area (Å²) in [6, 6.07) is 17.5. The Morgan fingerprint density at radius 1 is 0.824 bits per heavy atom. The zero-order chi connectivity index (χ0) is 12.3. The minimum Gasteiger partial charge on any atom is -0.0683 e. The molecule has 0 nitrogen and oxygen atoms in total. The number of hydrogen-bond donors (Lipinski definition) is 0. The summed E-state index contributed by atoms with van der Waals surface area (Å²) in [6.07, 6.45) is 1.17. The van der Waals surface area contributed by atoms with E-state index in [2.05, 4.69) is 55.5 Å². The fourth-order valence-electron chi connectivity index (χ4n) is 2.57. The molecule has 0 saturated heterocycles. The van der Waals surface area contributed by atoms with Crippen LogP contribution in [0.4, 0.5) is 0 Å². The summed E-state index contributed by atoms with van der Waals surface area (Å²) in [5, 5.41) is 0. The Kier molecular flexibility index (Phi) is 3.63. The monoisotopic (exact) mass is 224 g/mol. The summed E-state index contributed by atoms with van der Waals surface area (Å²) in [6.45, 7) is 6.31. The van der Waals surface area contributed by atoms with Gasteiger partial charge < -0.3 is 0 Å². The maximum atomic E-state index is 2.31. The van der Waals surface area contributed by atoms with Gasteiger partial charge in [-0.3, -0.25) is 0 Å². The summed E-state index contributed by atoms with van der Waals surface area (Å²) < 4.78 is 0. The number of fused-ring (bicyclic) bond motifs is 3. The van der Waals surface area contributed by atoms with Crippen LogP contribution in [0.5, 0.6) is 0 Å². The minimum absolute atomic E-state index is 0.649. The second-order valence-electron chi connectivity index (χ2n) is 4.35. The number of rotatable bonds is 0. The largest absolute Gasteiger partial charge is 0.0683 e. The molecular formula is C17H20. The maximum Gasteiger partial charge on any atom is -0.0144 e. The third-order valence-corrected chi connectivity index (χ3v) is 3.33. The Morgan fingerprint density at radius 3 is 2.18 bits per heavy atom. The molecule has 3 rings (SSSR count). The van der Waals surface area contributed by atoms with Crippen molar-refractivity contribution in [3.63, 3.8) is 0 Å². The third-order valence-electron chi connectivity index (χ3n) is 3.33. The Bertz CT molecular complexity index is 497. The Labute approximate surface area is 104 Å². The first kappa shape index (κ1) is 11.9. The van der Waals surface area contributed by atoms with Crippen LogP contribution >= 0.6 is 0 Å². The normalized spacial score (nSPS) is 16.3. The molecule has 1 unspecified atom stereocenters. The van der Waals surface area contributed by atoms with Gasteiger partial charge in [0.15, 0.2) is 0 Å². The SMILES string of the molecule is CC.CC1Cc2ccccc2-c2ccccc21. The molecule has 1 atom stereocenters. The van der Waals surface area contributed by atoms with Crippen molar-refractivity contribution in [2.75, 3.05) is 0 Å². The van der Waals surface area contributed by atoms with E-state index >= 15 is 0 Å². The molecule has 0 saturated carbocycles. The quantitative estimate of drug-likeness (QED) is 0.588. The average Bonchev–Trinajstić information content (AvgIpc) is 2.42. The van der Waals surface area contributed by atoms with Crippen molar-refractivity contribution in [1.82, 2.24) is 0 Å². The van der Waals surface area contributed by atoms with Gasteiger partial charge in [0.1, 0.15) is 0 Å². The molecule has 0 heterocycles. The molecule has 0 heteroatoms. The molecule has 0 N–H and O–H groups in total. The highest BCUT2D eigenvalue weighted by molar-refractivity contribution is 5.73. The minimum atomic E-state index is 0.649. The average molecular weight is 224 g/mol. The van der Waals surface area contributed by atoms with E-state index in [1.807, 2.05) is 13.8 Å². The summed E-state index contributed by atoms with van der Waals surface area (Å²) in [4.78, 5) is 0. The lowest BCUT2D eigenvalue weighted by atomic mass is 9.80. The van der Waals surface area contributed by atoms with Crippen LogP contribution in [0.3, 0.4) is 0 Å². The van der Waals surface area contributed by atoms with Crippen LogP contribution in [-0.4, -0.2) is 0 Å². The van der Waals surface area contributed by atoms with Gasteiger partial charge in [-0.1, -0.05) is 69.3 Å². The molecule has 2 aromatic rings. The van der Waals surface area contributed by atoms with Crippen molar-refractivity contribution >= 4 is 0 Å². The summed E-state index contributed by atoms with van der Waals surface area (Å²) in [5.41, 5.74) is 5.83. The number of benzene rings is 2. The summed E-state index contributed by atoms with van der Waals surface area (Å²) in [5.74, 6) is 0.649. The second-order valence-corrected chi connectivity index (χ2v) is 4.35. The zero-order valence-electron chi connectivity index (χ0n) is 10.9. The van der Waals surface area contributed by atoms with Crippen molar-refractivity contribution < 1.29 is 0 Å². The van der Waals surface area contributed by atoms with Gasteiger partial charge in [0.05, 0.1) is 0 Å². The highest BCUT2D eigenvalue weighted by atomic mass is 14.2. The van der Waals surface area contributed by atoms with E-state index in [1.165, 1.54) is 28.7 Å². The van der Waals surface area contributed by atoms with Crippen LogP contribution in [0.2, 0.25) is 0 Å². The van der Waals surface area contributed by atoms with Gasteiger partial charge in [0.25, 0.3) is 0 Å². The van der Waals surface area contributed by atoms with E-state index in [9.17, 15) is 0 Å². The summed E-state index contributed by atoms with van der Waals surface area (Å²) in [7, 11) is 0. The summed E-state index contributed by atoms with van der Waals surface area (Å²) >= 11 is 0. The molecule has 0 amide bonds. The standard InChI is InChI=1S/C15H14.C2H6/c1-11-10-12-6-2-3-8-14(12)15-9-5-4-7-13(11)15;1-2/h2-9,11H,10H2,1H3;1-2H3. The molecule has 88 valence electrons. The van der Waals surface area contributed by atoms with Crippen molar-refractivity contribution in [3.05, 3.63) is 59.7 Å². The van der Waals surface area contributed by atoms with Gasteiger partial charge in [0, 0.05) is 0 Å². The lowest BCUT2D eigenvalue weighted by molar-refractivity contribution is 0.749. The fraction of sp³-hybridized carbons (Fsp3) is 0.294. The van der Waals surface area contributed by atoms with Crippen LogP contribution in [0.25, 0.3) is 11.1 Å². The Balaban J connectivity index is 0.000000514. The Morgan fingerprint density at radius 2 is 1.41 bits per heavy atom. The molecule has 0 aromatic heterocycles. The van der Waals surface area contributed by atoms with Gasteiger partial charge in [-0.25, -0.2) is 0 Å². The van der Waals surface area contributed by atoms with Crippen molar-refractivity contribution in [2.45, 2.75) is 33.1 Å². The molecule has 0 aliphatic heterocycles. The van der Waals surface area contributed by atoms with E-state index in [1.54, 1.807) is 0 Å². The molecule has 17 heavy (non-hydrogen) atoms. The molecule has 1 aliphatic carbocycles. The van der Waals surface area contributed by atoms with Crippen molar-refractivity contribution in [2.24, 2.45) is 0 Å². The lowest BCUT2D eigenvalue weighted by Gasteiger charge is -2.24. The molecule has 0 spiro atoms. The number of hydrogen-bond acceptors (Lipinski definition) is 0. The van der Waals surface area contributed by atoms with Crippen LogP contribution in [0.1, 0.15) is 37.8 Å². The highest BCUT2D eigenvalue weighted by Gasteiger charge is 2.19. The van der Waals surface area contributed by atoms with Gasteiger partial charge in [-0.15, -0.1) is 0 Å². The molecule has 0 fully saturated rings. The first-order chi connectivity index (χ1) is 8.36. The molecule has 0 radical (unpaired) electrons. The van der Waals surface area contributed by atoms with E-state index in [-0.39, 0.29) is 0 Å². The van der Waals surface area contributed by atoms with E-state index in [0.29, 0.717) is 5.92 Å². The molecule has 0 bridgehead atoms. The molecule has 1 aliphatic rings. The van der Waals surface area contributed by atoms with E-state index < -0.39 is 0 Å². The van der Waals surface area contributed by atoms with Gasteiger partial charge in [0.2, 0.25) is 0 Å². The second kappa shape index (κ2) is 5.18. The van der Waals surface area contributed by atoms with Crippen LogP contribution in [-0.2, 0) is 6.42 Å². The molecular weight excluding hydrogens is 204 g/mol. The predicted molar refractivity (Wildman–Crippen MR) is 75.3 cm³/mol. The lowest BCUT2D eigenvalue weighted by Crippen LogP contribution is -2.07. The zero-order valence-corrected chi connectivity index (χ0v) is 10.9. The van der Waals surface area contributed by atoms with Crippen LogP contribution < -0.4 is 0 Å². The van der Waals surface area contributed by atoms with Gasteiger partial charge in [-0.2, -0.15) is 0 Å². The highest BCUT2D eigenvalue weighted by Crippen LogP contribution is 2.38. The predicted octanol–water partition coefficient (Wildman–Crippen LogP) is 5.04. The van der Waals surface area contributed by atoms with E-state index in [0.717, 1.165) is 0 Å². The van der Waals surface area contributed by atoms with Crippen molar-refractivity contribution in [3.8, 4) is 11.1 Å². The first-order valence-corrected chi connectivity index (χ1v) is 6.53. The van der Waals surface area contributed by atoms with E-state index in [4.69, 9.17) is 0 Å². The van der Waals surface area contributed by atoms with Crippen molar-refractivity contribution in [1.29, 1.82) is 0 Å². The van der Waals surface area contributed by atoms with Gasteiger partial charge in [-0.05, 0) is 34.6 Å². The Hall–Kier alpha value is -1.56. The first-order valence-electron chi connectivity index (χ1n) is 6.53. The van der Waals surface area contributed by atoms with Crippen LogP contribution in [0.15, 0.2) is 48.5 Å². The fourth-order valence-corrected chi connectivity index (χ4v) is 2.57. The van der Waals surface area contributed by atoms with Gasteiger partial charge >= 0.3 is 0 Å². The molecule has 2 aromatic carbocycles.